The quantitative estimate of drug-likeness (QED) is 0.895. The van der Waals surface area contributed by atoms with Crippen LogP contribution in [0.5, 0.6) is 0 Å². The van der Waals surface area contributed by atoms with Gasteiger partial charge in [-0.25, -0.2) is 9.59 Å². The van der Waals surface area contributed by atoms with Gasteiger partial charge in [0.05, 0.1) is 5.56 Å². The van der Waals surface area contributed by atoms with E-state index in [9.17, 15) is 9.59 Å². The third-order valence-electron chi connectivity index (χ3n) is 3.43. The van der Waals surface area contributed by atoms with E-state index in [4.69, 9.17) is 21.4 Å². The molecule has 126 valence electrons. The Morgan fingerprint density at radius 1 is 1.13 bits per heavy atom. The van der Waals surface area contributed by atoms with Crippen molar-refractivity contribution in [1.82, 2.24) is 4.90 Å². The molecule has 1 amide bonds. The van der Waals surface area contributed by atoms with E-state index >= 15 is 0 Å². The highest BCUT2D eigenvalue weighted by Crippen LogP contribution is 2.24. The van der Waals surface area contributed by atoms with Crippen LogP contribution < -0.4 is 4.90 Å². The molecule has 0 aliphatic carbocycles. The number of carboxylic acid groups (broad SMARTS) is 1. The molecule has 0 saturated carbocycles. The Morgan fingerprint density at radius 3 is 2.26 bits per heavy atom. The summed E-state index contributed by atoms with van der Waals surface area (Å²) in [5.41, 5.74) is 0.387. The van der Waals surface area contributed by atoms with E-state index in [2.05, 4.69) is 0 Å². The van der Waals surface area contributed by atoms with Crippen molar-refractivity contribution in [2.75, 3.05) is 31.1 Å². The van der Waals surface area contributed by atoms with Gasteiger partial charge >= 0.3 is 12.1 Å². The van der Waals surface area contributed by atoms with Gasteiger partial charge in [-0.15, -0.1) is 0 Å². The zero-order valence-corrected chi connectivity index (χ0v) is 14.3. The van der Waals surface area contributed by atoms with Gasteiger partial charge in [-0.1, -0.05) is 11.6 Å². The molecular formula is C16H21ClN2O4. The van der Waals surface area contributed by atoms with Crippen LogP contribution in [0.4, 0.5) is 10.5 Å². The van der Waals surface area contributed by atoms with E-state index in [1.54, 1.807) is 17.0 Å². The summed E-state index contributed by atoms with van der Waals surface area (Å²) >= 11 is 5.99. The third kappa shape index (κ3) is 4.76. The maximum absolute atomic E-state index is 12.0. The highest BCUT2D eigenvalue weighted by Gasteiger charge is 2.26. The maximum Gasteiger partial charge on any atom is 0.410 e. The number of benzene rings is 1. The summed E-state index contributed by atoms with van der Waals surface area (Å²) < 4.78 is 5.36. The van der Waals surface area contributed by atoms with Gasteiger partial charge in [-0.2, -0.15) is 0 Å². The largest absolute Gasteiger partial charge is 0.478 e. The van der Waals surface area contributed by atoms with E-state index < -0.39 is 11.6 Å². The van der Waals surface area contributed by atoms with Crippen molar-refractivity contribution in [3.63, 3.8) is 0 Å². The van der Waals surface area contributed by atoms with Crippen LogP contribution in [-0.2, 0) is 4.74 Å². The van der Waals surface area contributed by atoms with Crippen LogP contribution in [0.1, 0.15) is 31.1 Å². The predicted molar refractivity (Wildman–Crippen MR) is 88.4 cm³/mol. The Hall–Kier alpha value is -1.95. The van der Waals surface area contributed by atoms with E-state index in [1.165, 1.54) is 6.07 Å². The minimum Gasteiger partial charge on any atom is -0.478 e. The first-order chi connectivity index (χ1) is 10.7. The molecule has 1 saturated heterocycles. The lowest BCUT2D eigenvalue weighted by molar-refractivity contribution is 0.0240. The number of hydrogen-bond acceptors (Lipinski definition) is 4. The van der Waals surface area contributed by atoms with E-state index in [0.717, 1.165) is 5.69 Å². The topological polar surface area (TPSA) is 70.1 Å². The lowest BCUT2D eigenvalue weighted by atomic mass is 10.1. The SMILES string of the molecule is CC(C)(C)OC(=O)N1CCN(c2cc(Cl)cc(C(=O)O)c2)CC1. The number of hydrogen-bond donors (Lipinski definition) is 1. The minimum atomic E-state index is -1.01. The lowest BCUT2D eigenvalue weighted by Crippen LogP contribution is -2.50. The highest BCUT2D eigenvalue weighted by atomic mass is 35.5. The lowest BCUT2D eigenvalue weighted by Gasteiger charge is -2.36. The normalized spacial score (nSPS) is 15.5. The molecule has 0 spiro atoms. The Kier molecular flexibility index (Phi) is 5.04. The van der Waals surface area contributed by atoms with Crippen molar-refractivity contribution in [3.05, 3.63) is 28.8 Å². The van der Waals surface area contributed by atoms with Gasteiger partial charge in [-0.05, 0) is 39.0 Å². The standard InChI is InChI=1S/C16H21ClN2O4/c1-16(2,3)23-15(22)19-6-4-18(5-7-19)13-9-11(14(20)21)8-12(17)10-13/h8-10H,4-7H2,1-3H3,(H,20,21). The molecule has 7 heteroatoms. The number of ether oxygens (including phenoxy) is 1. The molecule has 1 aliphatic heterocycles. The molecule has 6 nitrogen and oxygen atoms in total. The molecule has 0 atom stereocenters. The number of anilines is 1. The minimum absolute atomic E-state index is 0.155. The third-order valence-corrected chi connectivity index (χ3v) is 3.64. The summed E-state index contributed by atoms with van der Waals surface area (Å²) in [6, 6.07) is 4.75. The number of carboxylic acids is 1. The van der Waals surface area contributed by atoms with Crippen molar-refractivity contribution in [3.8, 4) is 0 Å². The number of nitrogens with zero attached hydrogens (tertiary/aromatic N) is 2. The van der Waals surface area contributed by atoms with Gasteiger partial charge in [0.15, 0.2) is 0 Å². The van der Waals surface area contributed by atoms with E-state index in [-0.39, 0.29) is 11.7 Å². The Bertz CT molecular complexity index is 605. The number of carbonyl (C=O) groups is 2. The van der Waals surface area contributed by atoms with Gasteiger partial charge in [0.25, 0.3) is 0 Å². The van der Waals surface area contributed by atoms with Crippen LogP contribution in [0.2, 0.25) is 5.02 Å². The molecule has 1 N–H and O–H groups in total. The first kappa shape index (κ1) is 17.4. The number of rotatable bonds is 2. The zero-order chi connectivity index (χ0) is 17.2. The Morgan fingerprint density at radius 2 is 1.74 bits per heavy atom. The average Bonchev–Trinajstić information content (AvgIpc) is 2.45. The van der Waals surface area contributed by atoms with E-state index in [1.807, 2.05) is 25.7 Å². The molecule has 1 heterocycles. The maximum atomic E-state index is 12.0. The molecule has 2 rings (SSSR count). The second kappa shape index (κ2) is 6.66. The molecule has 0 radical (unpaired) electrons. The molecule has 23 heavy (non-hydrogen) atoms. The predicted octanol–water partition coefficient (Wildman–Crippen LogP) is 3.10. The van der Waals surface area contributed by atoms with Crippen LogP contribution in [0, 0.1) is 0 Å². The fourth-order valence-corrected chi connectivity index (χ4v) is 2.58. The number of carbonyl (C=O) groups excluding carboxylic acids is 1. The van der Waals surface area contributed by atoms with Crippen LogP contribution >= 0.6 is 11.6 Å². The monoisotopic (exact) mass is 340 g/mol. The van der Waals surface area contributed by atoms with Crippen molar-refractivity contribution < 1.29 is 19.4 Å². The van der Waals surface area contributed by atoms with Gasteiger partial charge in [0, 0.05) is 36.9 Å². The fourth-order valence-electron chi connectivity index (χ4n) is 2.35. The van der Waals surface area contributed by atoms with Crippen LogP contribution in [0.3, 0.4) is 0 Å². The first-order valence-electron chi connectivity index (χ1n) is 7.42. The number of piperazine rings is 1. The number of halogens is 1. The molecular weight excluding hydrogens is 320 g/mol. The molecule has 0 bridgehead atoms. The molecule has 1 aliphatic rings. The summed E-state index contributed by atoms with van der Waals surface area (Å²) in [7, 11) is 0. The molecule has 1 aromatic rings. The summed E-state index contributed by atoms with van der Waals surface area (Å²) in [6.07, 6.45) is -0.325. The van der Waals surface area contributed by atoms with Crippen molar-refractivity contribution in [2.24, 2.45) is 0 Å². The van der Waals surface area contributed by atoms with Gasteiger partial charge < -0.3 is 19.6 Å². The van der Waals surface area contributed by atoms with Gasteiger partial charge in [0.1, 0.15) is 5.60 Å². The Balaban J connectivity index is 2.02. The Labute approximate surface area is 140 Å². The molecule has 0 unspecified atom stereocenters. The van der Waals surface area contributed by atoms with Crippen LogP contribution in [-0.4, -0.2) is 53.8 Å². The van der Waals surface area contributed by atoms with Crippen LogP contribution in [0.15, 0.2) is 18.2 Å². The molecule has 1 fully saturated rings. The van der Waals surface area contributed by atoms with E-state index in [0.29, 0.717) is 31.2 Å². The van der Waals surface area contributed by atoms with Crippen molar-refractivity contribution >= 4 is 29.4 Å². The fraction of sp³-hybridized carbons (Fsp3) is 0.500. The molecule has 0 aromatic heterocycles. The summed E-state index contributed by atoms with van der Waals surface area (Å²) in [5, 5.41) is 9.49. The smallest absolute Gasteiger partial charge is 0.410 e. The van der Waals surface area contributed by atoms with Gasteiger partial charge in [0.2, 0.25) is 0 Å². The van der Waals surface area contributed by atoms with Gasteiger partial charge in [-0.3, -0.25) is 0 Å². The second-order valence-electron chi connectivity index (χ2n) is 6.46. The molecule has 1 aromatic carbocycles. The summed E-state index contributed by atoms with van der Waals surface area (Å²) in [6.45, 7) is 7.73. The average molecular weight is 341 g/mol. The number of aromatic carboxylic acids is 1. The van der Waals surface area contributed by atoms with Crippen molar-refractivity contribution in [1.29, 1.82) is 0 Å². The van der Waals surface area contributed by atoms with Crippen LogP contribution in [0.25, 0.3) is 0 Å². The second-order valence-corrected chi connectivity index (χ2v) is 6.89. The zero-order valence-electron chi connectivity index (χ0n) is 13.5. The summed E-state index contributed by atoms with van der Waals surface area (Å²) in [4.78, 5) is 26.8. The number of amides is 1. The summed E-state index contributed by atoms with van der Waals surface area (Å²) in [5.74, 6) is -1.01. The van der Waals surface area contributed by atoms with Crippen molar-refractivity contribution in [2.45, 2.75) is 26.4 Å². The first-order valence-corrected chi connectivity index (χ1v) is 7.80. The highest BCUT2D eigenvalue weighted by molar-refractivity contribution is 6.31.